The van der Waals surface area contributed by atoms with Crippen molar-refractivity contribution < 1.29 is 9.90 Å². The van der Waals surface area contributed by atoms with Crippen LogP contribution in [0, 0.1) is 0 Å². The van der Waals surface area contributed by atoms with Gasteiger partial charge in [0.05, 0.1) is 6.10 Å². The lowest BCUT2D eigenvalue weighted by Gasteiger charge is -2.13. The number of nitrogens with one attached hydrogen (secondary N) is 1. The van der Waals surface area contributed by atoms with Crippen molar-refractivity contribution in [3.05, 3.63) is 29.8 Å². The van der Waals surface area contributed by atoms with E-state index in [2.05, 4.69) is 5.32 Å². The van der Waals surface area contributed by atoms with E-state index in [4.69, 9.17) is 10.8 Å². The Hall–Kier alpha value is -1.55. The van der Waals surface area contributed by atoms with Gasteiger partial charge in [0.25, 0.3) is 0 Å². The summed E-state index contributed by atoms with van der Waals surface area (Å²) < 4.78 is 0. The lowest BCUT2D eigenvalue weighted by molar-refractivity contribution is -0.121. The number of nitrogen functional groups attached to an aromatic ring is 1. The second-order valence-corrected chi connectivity index (χ2v) is 4.42. The normalized spacial score (nSPS) is 14.1. The van der Waals surface area contributed by atoms with E-state index >= 15 is 0 Å². The van der Waals surface area contributed by atoms with Crippen molar-refractivity contribution in [1.29, 1.82) is 0 Å². The predicted molar refractivity (Wildman–Crippen MR) is 68.6 cm³/mol. The van der Waals surface area contributed by atoms with Gasteiger partial charge in [0.1, 0.15) is 0 Å². The van der Waals surface area contributed by atoms with Crippen molar-refractivity contribution in [1.82, 2.24) is 5.32 Å². The van der Waals surface area contributed by atoms with E-state index in [9.17, 15) is 4.79 Å². The SMILES string of the molecule is CC(CC(=O)NC[C@@H](C)O)c1ccc(N)cc1. The highest BCUT2D eigenvalue weighted by atomic mass is 16.3. The summed E-state index contributed by atoms with van der Waals surface area (Å²) in [5.41, 5.74) is 7.41. The fourth-order valence-electron chi connectivity index (χ4n) is 1.55. The number of benzene rings is 1. The molecule has 1 amide bonds. The van der Waals surface area contributed by atoms with Crippen LogP contribution in [-0.4, -0.2) is 23.7 Å². The van der Waals surface area contributed by atoms with Gasteiger partial charge in [-0.1, -0.05) is 19.1 Å². The second-order valence-electron chi connectivity index (χ2n) is 4.42. The molecule has 0 saturated carbocycles. The lowest BCUT2D eigenvalue weighted by atomic mass is 9.97. The lowest BCUT2D eigenvalue weighted by Crippen LogP contribution is -2.31. The van der Waals surface area contributed by atoms with Crippen LogP contribution in [0.2, 0.25) is 0 Å². The third kappa shape index (κ3) is 4.87. The predicted octanol–water partition coefficient (Wildman–Crippen LogP) is 1.26. The van der Waals surface area contributed by atoms with Crippen molar-refractivity contribution in [2.75, 3.05) is 12.3 Å². The average Bonchev–Trinajstić information content (AvgIpc) is 2.27. The molecule has 0 aliphatic rings. The van der Waals surface area contributed by atoms with Crippen molar-refractivity contribution >= 4 is 11.6 Å². The summed E-state index contributed by atoms with van der Waals surface area (Å²) in [6.07, 6.45) is -0.0952. The van der Waals surface area contributed by atoms with Gasteiger partial charge in [0, 0.05) is 18.7 Å². The van der Waals surface area contributed by atoms with Crippen LogP contribution in [0.4, 0.5) is 5.69 Å². The summed E-state index contributed by atoms with van der Waals surface area (Å²) in [5.74, 6) is 0.0971. The molecule has 94 valence electrons. The van der Waals surface area contributed by atoms with Gasteiger partial charge in [-0.2, -0.15) is 0 Å². The third-order valence-corrected chi connectivity index (χ3v) is 2.59. The Labute approximate surface area is 102 Å². The Morgan fingerprint density at radius 1 is 1.35 bits per heavy atom. The number of rotatable bonds is 5. The van der Waals surface area contributed by atoms with Gasteiger partial charge in [0.2, 0.25) is 5.91 Å². The molecule has 0 aliphatic carbocycles. The van der Waals surface area contributed by atoms with Crippen LogP contribution < -0.4 is 11.1 Å². The quantitative estimate of drug-likeness (QED) is 0.674. The van der Waals surface area contributed by atoms with E-state index in [0.29, 0.717) is 13.0 Å². The Kier molecular flexibility index (Phi) is 4.97. The molecule has 0 spiro atoms. The van der Waals surface area contributed by atoms with E-state index in [1.807, 2.05) is 31.2 Å². The van der Waals surface area contributed by atoms with Gasteiger partial charge < -0.3 is 16.2 Å². The number of carbonyl (C=O) groups excluding carboxylic acids is 1. The summed E-state index contributed by atoms with van der Waals surface area (Å²) in [7, 11) is 0. The number of hydrogen-bond acceptors (Lipinski definition) is 3. The molecule has 0 fully saturated rings. The highest BCUT2D eigenvalue weighted by molar-refractivity contribution is 5.76. The van der Waals surface area contributed by atoms with Crippen LogP contribution in [0.25, 0.3) is 0 Å². The van der Waals surface area contributed by atoms with Gasteiger partial charge in [-0.3, -0.25) is 4.79 Å². The Bertz CT molecular complexity index is 360. The van der Waals surface area contributed by atoms with Crippen LogP contribution >= 0.6 is 0 Å². The first kappa shape index (κ1) is 13.5. The largest absolute Gasteiger partial charge is 0.399 e. The van der Waals surface area contributed by atoms with Gasteiger partial charge in [-0.05, 0) is 30.5 Å². The molecule has 4 nitrogen and oxygen atoms in total. The van der Waals surface area contributed by atoms with Gasteiger partial charge in [-0.25, -0.2) is 0 Å². The molecule has 0 bridgehead atoms. The maximum absolute atomic E-state index is 11.6. The average molecular weight is 236 g/mol. The van der Waals surface area contributed by atoms with Crippen LogP contribution in [0.15, 0.2) is 24.3 Å². The summed E-state index contributed by atoms with van der Waals surface area (Å²) in [5, 5.41) is 11.7. The Morgan fingerprint density at radius 3 is 2.47 bits per heavy atom. The summed E-state index contributed by atoms with van der Waals surface area (Å²) >= 11 is 0. The number of hydrogen-bond donors (Lipinski definition) is 3. The third-order valence-electron chi connectivity index (χ3n) is 2.59. The first-order valence-electron chi connectivity index (χ1n) is 5.79. The molecule has 0 heterocycles. The molecule has 0 radical (unpaired) electrons. The number of anilines is 1. The summed E-state index contributed by atoms with van der Waals surface area (Å²) in [4.78, 5) is 11.6. The van der Waals surface area contributed by atoms with E-state index in [1.54, 1.807) is 6.92 Å². The minimum absolute atomic E-state index is 0.0461. The fourth-order valence-corrected chi connectivity index (χ4v) is 1.55. The summed E-state index contributed by atoms with van der Waals surface area (Å²) in [6.45, 7) is 3.93. The summed E-state index contributed by atoms with van der Waals surface area (Å²) in [6, 6.07) is 7.53. The highest BCUT2D eigenvalue weighted by Gasteiger charge is 2.11. The van der Waals surface area contributed by atoms with Crippen LogP contribution in [0.3, 0.4) is 0 Å². The topological polar surface area (TPSA) is 75.3 Å². The maximum Gasteiger partial charge on any atom is 0.220 e. The molecule has 0 saturated heterocycles. The minimum atomic E-state index is -0.509. The van der Waals surface area contributed by atoms with E-state index in [-0.39, 0.29) is 11.8 Å². The van der Waals surface area contributed by atoms with Crippen molar-refractivity contribution in [2.45, 2.75) is 32.3 Å². The van der Waals surface area contributed by atoms with Crippen molar-refractivity contribution in [3.8, 4) is 0 Å². The maximum atomic E-state index is 11.6. The molecule has 0 aliphatic heterocycles. The molecule has 1 aromatic carbocycles. The highest BCUT2D eigenvalue weighted by Crippen LogP contribution is 2.19. The molecular formula is C13H20N2O2. The smallest absolute Gasteiger partial charge is 0.220 e. The molecule has 2 atom stereocenters. The van der Waals surface area contributed by atoms with Gasteiger partial charge in [0.15, 0.2) is 0 Å². The monoisotopic (exact) mass is 236 g/mol. The van der Waals surface area contributed by atoms with Crippen LogP contribution in [-0.2, 0) is 4.79 Å². The molecule has 0 aromatic heterocycles. The zero-order valence-corrected chi connectivity index (χ0v) is 10.3. The first-order valence-corrected chi connectivity index (χ1v) is 5.79. The Balaban J connectivity index is 2.46. The Morgan fingerprint density at radius 2 is 1.94 bits per heavy atom. The first-order chi connectivity index (χ1) is 7.99. The number of carbonyl (C=O) groups is 1. The molecule has 1 aromatic rings. The number of aliphatic hydroxyl groups excluding tert-OH is 1. The van der Waals surface area contributed by atoms with Crippen molar-refractivity contribution in [3.63, 3.8) is 0 Å². The number of aliphatic hydroxyl groups is 1. The second kappa shape index (κ2) is 6.25. The van der Waals surface area contributed by atoms with Gasteiger partial charge in [-0.15, -0.1) is 0 Å². The van der Waals surface area contributed by atoms with Crippen LogP contribution in [0.5, 0.6) is 0 Å². The zero-order chi connectivity index (χ0) is 12.8. The molecule has 4 N–H and O–H groups in total. The molecule has 1 unspecified atom stereocenters. The van der Waals surface area contributed by atoms with Gasteiger partial charge >= 0.3 is 0 Å². The van der Waals surface area contributed by atoms with E-state index in [1.165, 1.54) is 0 Å². The fraction of sp³-hybridized carbons (Fsp3) is 0.462. The van der Waals surface area contributed by atoms with E-state index < -0.39 is 6.10 Å². The zero-order valence-electron chi connectivity index (χ0n) is 10.3. The number of nitrogens with two attached hydrogens (primary N) is 1. The standard InChI is InChI=1S/C13H20N2O2/c1-9(7-13(17)15-8-10(2)16)11-3-5-12(14)6-4-11/h3-6,9-10,16H,7-8,14H2,1-2H3,(H,15,17)/t9?,10-/m1/s1. The van der Waals surface area contributed by atoms with Crippen molar-refractivity contribution in [2.24, 2.45) is 0 Å². The van der Waals surface area contributed by atoms with Crippen LogP contribution in [0.1, 0.15) is 31.7 Å². The van der Waals surface area contributed by atoms with E-state index in [0.717, 1.165) is 11.3 Å². The molecular weight excluding hydrogens is 216 g/mol. The molecule has 4 heteroatoms. The molecule has 1 rings (SSSR count). The molecule has 17 heavy (non-hydrogen) atoms. The minimum Gasteiger partial charge on any atom is -0.399 e. The number of amides is 1.